The second kappa shape index (κ2) is 4.17. The van der Waals surface area contributed by atoms with Crippen LogP contribution in [0.3, 0.4) is 0 Å². The molecule has 0 unspecified atom stereocenters. The van der Waals surface area contributed by atoms with Crippen molar-refractivity contribution in [2.75, 3.05) is 12.8 Å². The maximum Gasteiger partial charge on any atom is 0.208 e. The van der Waals surface area contributed by atoms with Crippen molar-refractivity contribution in [2.24, 2.45) is 0 Å². The molecule has 1 aromatic heterocycles. The number of hydrogen-bond donors (Lipinski definition) is 1. The Morgan fingerprint density at radius 3 is 2.77 bits per heavy atom. The lowest BCUT2D eigenvalue weighted by molar-refractivity contribution is 0.588. The third kappa shape index (κ3) is 4.35. The molecule has 0 atom stereocenters. The van der Waals surface area contributed by atoms with Gasteiger partial charge in [0, 0.05) is 24.0 Å². The Kier molecular flexibility index (Phi) is 3.40. The van der Waals surface area contributed by atoms with Crippen molar-refractivity contribution in [2.45, 2.75) is 13.3 Å². The molecular weight excluding hydrogens is 208 g/mol. The molecular formula is C7H12N2O2S2. The summed E-state index contributed by atoms with van der Waals surface area (Å²) in [5, 5.41) is 2.92. The van der Waals surface area contributed by atoms with E-state index in [9.17, 15) is 8.42 Å². The first-order valence-electron chi connectivity index (χ1n) is 3.83. The minimum Gasteiger partial charge on any atom is -0.247 e. The van der Waals surface area contributed by atoms with E-state index in [4.69, 9.17) is 0 Å². The molecule has 0 saturated carbocycles. The van der Waals surface area contributed by atoms with Crippen LogP contribution >= 0.6 is 11.3 Å². The summed E-state index contributed by atoms with van der Waals surface area (Å²) in [6.45, 7) is 2.34. The number of aromatic nitrogens is 1. The highest BCUT2D eigenvalue weighted by molar-refractivity contribution is 7.88. The lowest BCUT2D eigenvalue weighted by Crippen LogP contribution is -2.24. The zero-order valence-electron chi connectivity index (χ0n) is 7.57. The van der Waals surface area contributed by atoms with Crippen molar-refractivity contribution in [1.29, 1.82) is 0 Å². The molecule has 4 nitrogen and oxygen atoms in total. The Bertz CT molecular complexity index is 370. The van der Waals surface area contributed by atoms with Crippen LogP contribution in [0.1, 0.15) is 10.7 Å². The van der Waals surface area contributed by atoms with Gasteiger partial charge in [-0.2, -0.15) is 0 Å². The van der Waals surface area contributed by atoms with Gasteiger partial charge in [0.15, 0.2) is 0 Å². The normalized spacial score (nSPS) is 11.8. The molecule has 1 rings (SSSR count). The first-order valence-corrected chi connectivity index (χ1v) is 6.60. The predicted molar refractivity (Wildman–Crippen MR) is 53.4 cm³/mol. The Morgan fingerprint density at radius 2 is 2.31 bits per heavy atom. The maximum atomic E-state index is 10.7. The summed E-state index contributed by atoms with van der Waals surface area (Å²) in [4.78, 5) is 4.21. The van der Waals surface area contributed by atoms with E-state index < -0.39 is 10.0 Å². The minimum atomic E-state index is -3.06. The highest BCUT2D eigenvalue weighted by Crippen LogP contribution is 2.08. The van der Waals surface area contributed by atoms with Gasteiger partial charge in [0.05, 0.1) is 11.3 Å². The molecule has 0 aliphatic heterocycles. The van der Waals surface area contributed by atoms with E-state index in [1.807, 2.05) is 12.3 Å². The van der Waals surface area contributed by atoms with Crippen molar-refractivity contribution >= 4 is 21.4 Å². The molecule has 1 heterocycles. The molecule has 0 spiro atoms. The summed E-state index contributed by atoms with van der Waals surface area (Å²) in [7, 11) is -3.06. The van der Waals surface area contributed by atoms with Crippen LogP contribution in [-0.2, 0) is 16.4 Å². The summed E-state index contributed by atoms with van der Waals surface area (Å²) < 4.78 is 23.8. The summed E-state index contributed by atoms with van der Waals surface area (Å²) in [6.07, 6.45) is 1.81. The van der Waals surface area contributed by atoms with Crippen LogP contribution in [0.5, 0.6) is 0 Å². The zero-order chi connectivity index (χ0) is 9.90. The van der Waals surface area contributed by atoms with Gasteiger partial charge in [-0.1, -0.05) is 0 Å². The maximum absolute atomic E-state index is 10.7. The number of hydrogen-bond acceptors (Lipinski definition) is 4. The number of nitrogens with zero attached hydrogens (tertiary/aromatic N) is 1. The van der Waals surface area contributed by atoms with Crippen molar-refractivity contribution in [1.82, 2.24) is 9.71 Å². The van der Waals surface area contributed by atoms with Gasteiger partial charge in [-0.05, 0) is 6.92 Å². The lowest BCUT2D eigenvalue weighted by atomic mass is 10.4. The van der Waals surface area contributed by atoms with Crippen LogP contribution in [0.4, 0.5) is 0 Å². The Hall–Kier alpha value is -0.460. The van der Waals surface area contributed by atoms with Crippen LogP contribution in [-0.4, -0.2) is 26.2 Å². The fraction of sp³-hybridized carbons (Fsp3) is 0.571. The Labute approximate surface area is 82.1 Å². The highest BCUT2D eigenvalue weighted by atomic mass is 32.2. The largest absolute Gasteiger partial charge is 0.247 e. The Morgan fingerprint density at radius 1 is 1.62 bits per heavy atom. The average Bonchev–Trinajstić information content (AvgIpc) is 2.33. The van der Waals surface area contributed by atoms with Gasteiger partial charge in [0.2, 0.25) is 10.0 Å². The number of aryl methyl sites for hydroxylation is 1. The van der Waals surface area contributed by atoms with Crippen molar-refractivity contribution in [3.8, 4) is 0 Å². The summed E-state index contributed by atoms with van der Waals surface area (Å²) >= 11 is 1.55. The van der Waals surface area contributed by atoms with Gasteiger partial charge in [-0.15, -0.1) is 11.3 Å². The first-order chi connectivity index (χ1) is 5.97. The summed E-state index contributed by atoms with van der Waals surface area (Å²) in [5.74, 6) is 0. The van der Waals surface area contributed by atoms with Crippen LogP contribution < -0.4 is 4.72 Å². The predicted octanol–water partition coefficient (Wildman–Crippen LogP) is 0.543. The van der Waals surface area contributed by atoms with E-state index in [0.717, 1.165) is 17.0 Å². The standard InChI is InChI=1S/C7H12N2O2S2/c1-6-5-12-7(9-6)3-4-8-13(2,10)11/h5,8H,3-4H2,1-2H3. The smallest absolute Gasteiger partial charge is 0.208 e. The van der Waals surface area contributed by atoms with Gasteiger partial charge < -0.3 is 0 Å². The topological polar surface area (TPSA) is 59.1 Å². The molecule has 13 heavy (non-hydrogen) atoms. The van der Waals surface area contributed by atoms with Gasteiger partial charge in [-0.3, -0.25) is 0 Å². The van der Waals surface area contributed by atoms with Crippen molar-refractivity contribution < 1.29 is 8.42 Å². The third-order valence-electron chi connectivity index (χ3n) is 1.37. The molecule has 0 fully saturated rings. The molecule has 0 aliphatic carbocycles. The average molecular weight is 220 g/mol. The molecule has 74 valence electrons. The molecule has 1 N–H and O–H groups in total. The molecule has 0 bridgehead atoms. The molecule has 0 aromatic carbocycles. The van der Waals surface area contributed by atoms with Crippen LogP contribution in [0.2, 0.25) is 0 Å². The summed E-state index contributed by atoms with van der Waals surface area (Å²) in [5.41, 5.74) is 0.986. The molecule has 0 amide bonds. The molecule has 0 radical (unpaired) electrons. The van der Waals surface area contributed by atoms with Crippen molar-refractivity contribution in [3.63, 3.8) is 0 Å². The molecule has 6 heteroatoms. The second-order valence-electron chi connectivity index (χ2n) is 2.80. The fourth-order valence-electron chi connectivity index (χ4n) is 0.861. The van der Waals surface area contributed by atoms with Crippen molar-refractivity contribution in [3.05, 3.63) is 16.1 Å². The van der Waals surface area contributed by atoms with Gasteiger partial charge in [0.25, 0.3) is 0 Å². The highest BCUT2D eigenvalue weighted by Gasteiger charge is 2.02. The first kappa shape index (κ1) is 10.6. The fourth-order valence-corrected chi connectivity index (χ4v) is 2.11. The molecule has 0 aliphatic rings. The third-order valence-corrected chi connectivity index (χ3v) is 3.12. The zero-order valence-corrected chi connectivity index (χ0v) is 9.20. The van der Waals surface area contributed by atoms with Crippen LogP contribution in [0, 0.1) is 6.92 Å². The number of thiazole rings is 1. The SMILES string of the molecule is Cc1csc(CCNS(C)(=O)=O)n1. The number of sulfonamides is 1. The number of nitrogens with one attached hydrogen (secondary N) is 1. The lowest BCUT2D eigenvalue weighted by Gasteiger charge is -1.98. The van der Waals surface area contributed by atoms with Crippen LogP contribution in [0.25, 0.3) is 0 Å². The van der Waals surface area contributed by atoms with E-state index in [1.54, 1.807) is 11.3 Å². The van der Waals surface area contributed by atoms with Gasteiger partial charge in [0.1, 0.15) is 0 Å². The quantitative estimate of drug-likeness (QED) is 0.806. The monoisotopic (exact) mass is 220 g/mol. The van der Waals surface area contributed by atoms with Gasteiger partial charge in [-0.25, -0.2) is 18.1 Å². The number of rotatable bonds is 4. The van der Waals surface area contributed by atoms with Crippen LogP contribution in [0.15, 0.2) is 5.38 Å². The van der Waals surface area contributed by atoms with E-state index in [2.05, 4.69) is 9.71 Å². The second-order valence-corrected chi connectivity index (χ2v) is 5.57. The van der Waals surface area contributed by atoms with E-state index in [-0.39, 0.29) is 0 Å². The minimum absolute atomic E-state index is 0.422. The molecule has 0 saturated heterocycles. The van der Waals surface area contributed by atoms with Gasteiger partial charge >= 0.3 is 0 Å². The van der Waals surface area contributed by atoms with E-state index in [0.29, 0.717) is 13.0 Å². The summed E-state index contributed by atoms with van der Waals surface area (Å²) in [6, 6.07) is 0. The Balaban J connectivity index is 2.36. The molecule has 1 aromatic rings. The van der Waals surface area contributed by atoms with E-state index in [1.165, 1.54) is 0 Å². The van der Waals surface area contributed by atoms with E-state index >= 15 is 0 Å².